The highest BCUT2D eigenvalue weighted by molar-refractivity contribution is 5.97. The van der Waals surface area contributed by atoms with Crippen LogP contribution >= 0.6 is 0 Å². The van der Waals surface area contributed by atoms with Crippen molar-refractivity contribution in [3.05, 3.63) is 23.2 Å². The van der Waals surface area contributed by atoms with Crippen molar-refractivity contribution in [1.29, 1.82) is 0 Å². The van der Waals surface area contributed by atoms with E-state index in [0.717, 1.165) is 36.4 Å². The molecule has 0 fully saturated rings. The molecule has 0 spiro atoms. The lowest BCUT2D eigenvalue weighted by molar-refractivity contribution is -0.116. The summed E-state index contributed by atoms with van der Waals surface area (Å²) in [5.74, 6) is 2.16. The van der Waals surface area contributed by atoms with Crippen LogP contribution in [0.15, 0.2) is 23.2 Å². The number of hydrogen-bond acceptors (Lipinski definition) is 2. The Kier molecular flexibility index (Phi) is 1.75. The summed E-state index contributed by atoms with van der Waals surface area (Å²) in [5, 5.41) is 0. The number of Topliss-reactive ketones (excluding diaryl/α,β-unsaturated/α-hetero) is 1. The molecule has 1 aliphatic heterocycles. The molecule has 1 aliphatic carbocycles. The molecule has 0 radical (unpaired) electrons. The van der Waals surface area contributed by atoms with E-state index in [2.05, 4.69) is 0 Å². The van der Waals surface area contributed by atoms with Crippen molar-refractivity contribution in [2.75, 3.05) is 0 Å². The summed E-state index contributed by atoms with van der Waals surface area (Å²) < 4.78 is 5.50. The van der Waals surface area contributed by atoms with Crippen LogP contribution in [-0.2, 0) is 9.53 Å². The monoisotopic (exact) mass is 164 g/mol. The van der Waals surface area contributed by atoms with Crippen molar-refractivity contribution in [2.45, 2.75) is 32.6 Å². The molecule has 2 nitrogen and oxygen atoms in total. The molecule has 0 aromatic carbocycles. The normalized spacial score (nSPS) is 26.1. The van der Waals surface area contributed by atoms with E-state index in [1.165, 1.54) is 0 Å². The maximum Gasteiger partial charge on any atom is 0.162 e. The first-order valence-electron chi connectivity index (χ1n) is 4.39. The van der Waals surface area contributed by atoms with Crippen LogP contribution in [0.25, 0.3) is 0 Å². The molecule has 0 aromatic rings. The highest BCUT2D eigenvalue weighted by Crippen LogP contribution is 2.35. The Morgan fingerprint density at radius 2 is 2.25 bits per heavy atom. The van der Waals surface area contributed by atoms with Gasteiger partial charge in [-0.3, -0.25) is 4.79 Å². The van der Waals surface area contributed by atoms with Gasteiger partial charge in [0.25, 0.3) is 0 Å². The minimum absolute atomic E-state index is 0.285. The third kappa shape index (κ3) is 1.07. The summed E-state index contributed by atoms with van der Waals surface area (Å²) >= 11 is 0. The van der Waals surface area contributed by atoms with Crippen molar-refractivity contribution in [3.8, 4) is 0 Å². The van der Waals surface area contributed by atoms with E-state index < -0.39 is 0 Å². The smallest absolute Gasteiger partial charge is 0.162 e. The molecule has 64 valence electrons. The minimum atomic E-state index is 0.285. The maximum atomic E-state index is 11.4. The summed E-state index contributed by atoms with van der Waals surface area (Å²) in [6, 6.07) is 0. The Morgan fingerprint density at radius 3 is 2.92 bits per heavy atom. The number of ether oxygens (including phenoxy) is 1. The summed E-state index contributed by atoms with van der Waals surface area (Å²) in [6.07, 6.45) is 5.27. The first-order chi connectivity index (χ1) is 5.81. The Balaban J connectivity index is 2.27. The molecular weight excluding hydrogens is 152 g/mol. The second kappa shape index (κ2) is 2.77. The van der Waals surface area contributed by atoms with Gasteiger partial charge in [0.2, 0.25) is 0 Å². The van der Waals surface area contributed by atoms with Gasteiger partial charge in [-0.25, -0.2) is 0 Å². The molecule has 1 heterocycles. The minimum Gasteiger partial charge on any atom is -0.466 e. The van der Waals surface area contributed by atoms with Crippen molar-refractivity contribution in [3.63, 3.8) is 0 Å². The Bertz CT molecular complexity index is 284. The van der Waals surface area contributed by atoms with E-state index in [1.54, 1.807) is 0 Å². The van der Waals surface area contributed by atoms with Crippen LogP contribution < -0.4 is 0 Å². The highest BCUT2D eigenvalue weighted by atomic mass is 16.5. The van der Waals surface area contributed by atoms with E-state index >= 15 is 0 Å². The van der Waals surface area contributed by atoms with E-state index in [0.29, 0.717) is 6.42 Å². The van der Waals surface area contributed by atoms with E-state index in [9.17, 15) is 4.79 Å². The number of ketones is 1. The van der Waals surface area contributed by atoms with E-state index in [-0.39, 0.29) is 5.78 Å². The molecule has 0 saturated carbocycles. The predicted molar refractivity (Wildman–Crippen MR) is 45.3 cm³/mol. The fourth-order valence-corrected chi connectivity index (χ4v) is 1.71. The average Bonchev–Trinajstić information content (AvgIpc) is 2.49. The van der Waals surface area contributed by atoms with Crippen molar-refractivity contribution in [2.24, 2.45) is 0 Å². The van der Waals surface area contributed by atoms with E-state index in [4.69, 9.17) is 4.74 Å². The van der Waals surface area contributed by atoms with Crippen molar-refractivity contribution >= 4 is 5.78 Å². The third-order valence-corrected chi connectivity index (χ3v) is 2.41. The fraction of sp³-hybridized carbons (Fsp3) is 0.500. The molecule has 0 atom stereocenters. The van der Waals surface area contributed by atoms with Gasteiger partial charge in [-0.05, 0) is 19.4 Å². The van der Waals surface area contributed by atoms with Crippen LogP contribution in [0.5, 0.6) is 0 Å². The highest BCUT2D eigenvalue weighted by Gasteiger charge is 2.28. The molecule has 0 N–H and O–H groups in total. The second-order valence-corrected chi connectivity index (χ2v) is 3.21. The Labute approximate surface area is 71.9 Å². The summed E-state index contributed by atoms with van der Waals surface area (Å²) in [5.41, 5.74) is 0.925. The number of rotatable bonds is 0. The van der Waals surface area contributed by atoms with Gasteiger partial charge < -0.3 is 4.74 Å². The van der Waals surface area contributed by atoms with Crippen molar-refractivity contribution in [1.82, 2.24) is 0 Å². The first-order valence-corrected chi connectivity index (χ1v) is 4.39. The average molecular weight is 164 g/mol. The molecule has 0 unspecified atom stereocenters. The molecule has 2 rings (SSSR count). The fourth-order valence-electron chi connectivity index (χ4n) is 1.71. The lowest BCUT2D eigenvalue weighted by Crippen LogP contribution is -2.07. The lowest BCUT2D eigenvalue weighted by Gasteiger charge is -2.09. The van der Waals surface area contributed by atoms with Crippen LogP contribution in [-0.4, -0.2) is 5.78 Å². The summed E-state index contributed by atoms with van der Waals surface area (Å²) in [6.45, 7) is 1.94. The van der Waals surface area contributed by atoms with Crippen molar-refractivity contribution < 1.29 is 9.53 Å². The van der Waals surface area contributed by atoms with Crippen LogP contribution in [0.4, 0.5) is 0 Å². The first kappa shape index (κ1) is 7.59. The zero-order valence-corrected chi connectivity index (χ0v) is 7.22. The standard InChI is InChI=1S/C10H12O2/c1-2-7-6-8-9(11)4-3-5-10(8)12-7/h2H,3-6H2,1H3/b7-2+. The number of carbonyl (C=O) groups is 1. The third-order valence-electron chi connectivity index (χ3n) is 2.41. The van der Waals surface area contributed by atoms with Gasteiger partial charge in [-0.2, -0.15) is 0 Å². The van der Waals surface area contributed by atoms with Gasteiger partial charge >= 0.3 is 0 Å². The summed E-state index contributed by atoms with van der Waals surface area (Å²) in [4.78, 5) is 11.4. The molecule has 0 amide bonds. The number of allylic oxidation sites excluding steroid dienone is 3. The molecule has 0 saturated heterocycles. The topological polar surface area (TPSA) is 26.3 Å². The number of carbonyl (C=O) groups excluding carboxylic acids is 1. The molecular formula is C10H12O2. The molecule has 12 heavy (non-hydrogen) atoms. The SMILES string of the molecule is C/C=C1\CC2=C(CCCC2=O)O1. The Morgan fingerprint density at radius 1 is 1.42 bits per heavy atom. The molecule has 2 aliphatic rings. The predicted octanol–water partition coefficient (Wildman–Crippen LogP) is 2.32. The second-order valence-electron chi connectivity index (χ2n) is 3.21. The largest absolute Gasteiger partial charge is 0.466 e. The maximum absolute atomic E-state index is 11.4. The van der Waals surface area contributed by atoms with Gasteiger partial charge in [-0.1, -0.05) is 0 Å². The van der Waals surface area contributed by atoms with Gasteiger partial charge in [-0.15, -0.1) is 0 Å². The number of hydrogen-bond donors (Lipinski definition) is 0. The molecule has 0 bridgehead atoms. The zero-order valence-electron chi connectivity index (χ0n) is 7.22. The van der Waals surface area contributed by atoms with Crippen LogP contribution in [0.1, 0.15) is 32.6 Å². The van der Waals surface area contributed by atoms with Gasteiger partial charge in [0, 0.05) is 24.8 Å². The Hall–Kier alpha value is -1.05. The summed E-state index contributed by atoms with van der Waals surface area (Å²) in [7, 11) is 0. The van der Waals surface area contributed by atoms with Gasteiger partial charge in [0.05, 0.1) is 0 Å². The van der Waals surface area contributed by atoms with Crippen LogP contribution in [0.3, 0.4) is 0 Å². The lowest BCUT2D eigenvalue weighted by atomic mass is 9.95. The van der Waals surface area contributed by atoms with Gasteiger partial charge in [0.15, 0.2) is 5.78 Å². The zero-order chi connectivity index (χ0) is 8.55. The van der Waals surface area contributed by atoms with E-state index in [1.807, 2.05) is 13.0 Å². The molecule has 2 heteroatoms. The molecule has 0 aromatic heterocycles. The van der Waals surface area contributed by atoms with Gasteiger partial charge in [0.1, 0.15) is 11.5 Å². The van der Waals surface area contributed by atoms with Crippen LogP contribution in [0.2, 0.25) is 0 Å². The quantitative estimate of drug-likeness (QED) is 0.549. The van der Waals surface area contributed by atoms with Crippen LogP contribution in [0, 0.1) is 0 Å².